The van der Waals surface area contributed by atoms with Crippen LogP contribution in [-0.2, 0) is 0 Å². The molecule has 0 radical (unpaired) electrons. The molecule has 0 saturated heterocycles. The van der Waals surface area contributed by atoms with Gasteiger partial charge in [0, 0.05) is 5.69 Å². The lowest BCUT2D eigenvalue weighted by Gasteiger charge is -2.09. The van der Waals surface area contributed by atoms with Crippen LogP contribution in [0.1, 0.15) is 6.92 Å². The molecule has 0 aliphatic rings. The summed E-state index contributed by atoms with van der Waals surface area (Å²) in [5, 5.41) is 8.04. The molecule has 0 fully saturated rings. The molecule has 0 bridgehead atoms. The van der Waals surface area contributed by atoms with E-state index < -0.39 is 0 Å². The lowest BCUT2D eigenvalue weighted by atomic mass is 9.95. The smallest absolute Gasteiger partial charge is 0.100 e. The highest BCUT2D eigenvalue weighted by molar-refractivity contribution is 6.25. The van der Waals surface area contributed by atoms with Crippen molar-refractivity contribution in [1.29, 1.82) is 0 Å². The second-order valence-corrected chi connectivity index (χ2v) is 8.48. The van der Waals surface area contributed by atoms with Gasteiger partial charge in [-0.15, -0.1) is 6.58 Å². The molecule has 0 atom stereocenters. The predicted molar refractivity (Wildman–Crippen MR) is 156 cm³/mol. The summed E-state index contributed by atoms with van der Waals surface area (Å²) in [4.78, 5) is 4.36. The first-order chi connectivity index (χ1) is 17.8. The van der Waals surface area contributed by atoms with E-state index in [2.05, 4.69) is 107 Å². The van der Waals surface area contributed by atoms with E-state index in [4.69, 9.17) is 0 Å². The second kappa shape index (κ2) is 10.7. The van der Waals surface area contributed by atoms with Gasteiger partial charge in [0.05, 0.1) is 11.0 Å². The zero-order valence-electron chi connectivity index (χ0n) is 20.4. The summed E-state index contributed by atoms with van der Waals surface area (Å²) in [6.45, 7) is 5.25. The Balaban J connectivity index is 0.000000136. The summed E-state index contributed by atoms with van der Waals surface area (Å²) in [6.07, 6.45) is 3.61. The van der Waals surface area contributed by atoms with Crippen LogP contribution in [0.4, 0.5) is 0 Å². The van der Waals surface area contributed by atoms with Gasteiger partial charge in [0.15, 0.2) is 0 Å². The first kappa shape index (κ1) is 23.1. The van der Waals surface area contributed by atoms with Gasteiger partial charge < -0.3 is 0 Å². The number of nitrogens with zero attached hydrogens (tertiary/aromatic N) is 2. The van der Waals surface area contributed by atoms with Crippen molar-refractivity contribution in [2.75, 3.05) is 0 Å². The first-order valence-electron chi connectivity index (χ1n) is 12.1. The Morgan fingerprint density at radius 1 is 0.528 bits per heavy atom. The van der Waals surface area contributed by atoms with Gasteiger partial charge in [-0.3, -0.25) is 4.57 Å². The van der Waals surface area contributed by atoms with Gasteiger partial charge in [0.25, 0.3) is 0 Å². The van der Waals surface area contributed by atoms with Gasteiger partial charge >= 0.3 is 0 Å². The molecule has 1 heterocycles. The molecule has 0 amide bonds. The van der Waals surface area contributed by atoms with Gasteiger partial charge in [-0.1, -0.05) is 109 Å². The number of rotatable bonds is 1. The molecule has 36 heavy (non-hydrogen) atoms. The molecule has 7 aromatic rings. The van der Waals surface area contributed by atoms with E-state index >= 15 is 0 Å². The molecule has 0 saturated carbocycles. The van der Waals surface area contributed by atoms with Crippen LogP contribution in [-0.4, -0.2) is 9.55 Å². The van der Waals surface area contributed by atoms with E-state index in [-0.39, 0.29) is 0 Å². The van der Waals surface area contributed by atoms with E-state index in [0.717, 1.165) is 16.7 Å². The van der Waals surface area contributed by atoms with E-state index in [9.17, 15) is 0 Å². The quantitative estimate of drug-likeness (QED) is 0.175. The van der Waals surface area contributed by atoms with Gasteiger partial charge in [0.1, 0.15) is 6.33 Å². The van der Waals surface area contributed by atoms with Crippen LogP contribution < -0.4 is 0 Å². The molecule has 6 aromatic carbocycles. The van der Waals surface area contributed by atoms with Crippen LogP contribution in [0.5, 0.6) is 0 Å². The Bertz CT molecular complexity index is 1540. The third-order valence-corrected chi connectivity index (χ3v) is 6.14. The molecule has 1 aromatic heterocycles. The maximum atomic E-state index is 4.36. The fourth-order valence-corrected chi connectivity index (χ4v) is 4.61. The number of imidazole rings is 1. The number of hydrogen-bond acceptors (Lipinski definition) is 1. The van der Waals surface area contributed by atoms with Crippen molar-refractivity contribution in [3.8, 4) is 5.69 Å². The molecule has 7 rings (SSSR count). The predicted octanol–water partition coefficient (Wildman–Crippen LogP) is 9.36. The Kier molecular flexibility index (Phi) is 6.86. The SMILES string of the molecule is C=CC.c1ccc(-n2cnc3ccccc32)cc1.c1ccc2c(c1)c1ccccc1c1ccccc21. The maximum Gasteiger partial charge on any atom is 0.100 e. The van der Waals surface area contributed by atoms with E-state index in [1.165, 1.54) is 32.3 Å². The summed E-state index contributed by atoms with van der Waals surface area (Å²) in [5.41, 5.74) is 3.32. The average Bonchev–Trinajstić information content (AvgIpc) is 3.39. The summed E-state index contributed by atoms with van der Waals surface area (Å²) in [6, 6.07) is 44.3. The maximum absolute atomic E-state index is 4.36. The number of para-hydroxylation sites is 3. The van der Waals surface area contributed by atoms with Crippen molar-refractivity contribution in [2.24, 2.45) is 0 Å². The highest BCUT2D eigenvalue weighted by Crippen LogP contribution is 2.34. The van der Waals surface area contributed by atoms with Crippen molar-refractivity contribution in [3.63, 3.8) is 0 Å². The second-order valence-electron chi connectivity index (χ2n) is 8.48. The van der Waals surface area contributed by atoms with Crippen LogP contribution in [0.15, 0.2) is 146 Å². The van der Waals surface area contributed by atoms with Crippen LogP contribution in [0.25, 0.3) is 49.0 Å². The molecule has 2 nitrogen and oxygen atoms in total. The Labute approximate surface area is 211 Å². The molecule has 0 aliphatic heterocycles. The fourth-order valence-electron chi connectivity index (χ4n) is 4.61. The van der Waals surface area contributed by atoms with Crippen molar-refractivity contribution in [2.45, 2.75) is 6.92 Å². The van der Waals surface area contributed by atoms with Crippen LogP contribution in [0.2, 0.25) is 0 Å². The highest BCUT2D eigenvalue weighted by Gasteiger charge is 2.06. The summed E-state index contributed by atoms with van der Waals surface area (Å²) >= 11 is 0. The van der Waals surface area contributed by atoms with E-state index in [0.29, 0.717) is 0 Å². The molecule has 0 spiro atoms. The van der Waals surface area contributed by atoms with Gasteiger partial charge in [-0.25, -0.2) is 4.98 Å². The molecule has 0 aliphatic carbocycles. The molecule has 2 heteroatoms. The fraction of sp³-hybridized carbons (Fsp3) is 0.0294. The van der Waals surface area contributed by atoms with Crippen LogP contribution >= 0.6 is 0 Å². The number of benzene rings is 6. The minimum atomic E-state index is 1.03. The van der Waals surface area contributed by atoms with Gasteiger partial charge in [-0.2, -0.15) is 0 Å². The zero-order chi connectivity index (χ0) is 24.7. The van der Waals surface area contributed by atoms with Crippen molar-refractivity contribution in [3.05, 3.63) is 146 Å². The molecule has 0 unspecified atom stereocenters. The normalized spacial score (nSPS) is 10.5. The number of aromatic nitrogens is 2. The van der Waals surface area contributed by atoms with Crippen molar-refractivity contribution < 1.29 is 0 Å². The van der Waals surface area contributed by atoms with E-state index in [1.54, 1.807) is 6.08 Å². The van der Waals surface area contributed by atoms with Gasteiger partial charge in [-0.05, 0) is 63.5 Å². The van der Waals surface area contributed by atoms with Gasteiger partial charge in [0.2, 0.25) is 0 Å². The van der Waals surface area contributed by atoms with E-state index in [1.807, 2.05) is 49.6 Å². The Morgan fingerprint density at radius 2 is 0.889 bits per heavy atom. The van der Waals surface area contributed by atoms with Crippen molar-refractivity contribution >= 4 is 43.4 Å². The topological polar surface area (TPSA) is 17.8 Å². The summed E-state index contributed by atoms with van der Waals surface area (Å²) in [7, 11) is 0. The summed E-state index contributed by atoms with van der Waals surface area (Å²) < 4.78 is 2.09. The minimum absolute atomic E-state index is 1.03. The lowest BCUT2D eigenvalue weighted by molar-refractivity contribution is 1.09. The molecular formula is C34H28N2. The Morgan fingerprint density at radius 3 is 1.33 bits per heavy atom. The third-order valence-electron chi connectivity index (χ3n) is 6.14. The molecule has 0 N–H and O–H groups in total. The summed E-state index contributed by atoms with van der Waals surface area (Å²) in [5.74, 6) is 0. The number of fused-ring (bicyclic) bond motifs is 7. The zero-order valence-corrected chi connectivity index (χ0v) is 20.4. The van der Waals surface area contributed by atoms with Crippen LogP contribution in [0.3, 0.4) is 0 Å². The lowest BCUT2D eigenvalue weighted by Crippen LogP contribution is -1.90. The largest absolute Gasteiger partial charge is 0.299 e. The monoisotopic (exact) mass is 464 g/mol. The number of allylic oxidation sites excluding steroid dienone is 1. The average molecular weight is 465 g/mol. The first-order valence-corrected chi connectivity index (χ1v) is 12.1. The highest BCUT2D eigenvalue weighted by atomic mass is 15.0. The van der Waals surface area contributed by atoms with Crippen LogP contribution in [0, 0.1) is 0 Å². The van der Waals surface area contributed by atoms with Crippen molar-refractivity contribution in [1.82, 2.24) is 9.55 Å². The molecule has 174 valence electrons. The molecular weight excluding hydrogens is 436 g/mol. The number of hydrogen-bond donors (Lipinski definition) is 0. The third kappa shape index (κ3) is 4.49. The minimum Gasteiger partial charge on any atom is -0.299 e. The Hall–Kier alpha value is -4.69. The standard InChI is InChI=1S/C18H12.C13H10N2.C3H6/c1-2-8-14-13(7-1)15-9-3-4-11-17(15)18-12-6-5-10-16(14)18;1-2-6-11(7-3-1)15-10-14-12-8-4-5-9-13(12)15;1-3-2/h1-12H;1-10H;3H,1H2,2H3.